The van der Waals surface area contributed by atoms with Crippen molar-refractivity contribution in [1.82, 2.24) is 0 Å². The molecule has 0 bridgehead atoms. The van der Waals surface area contributed by atoms with E-state index in [1.54, 1.807) is 13.0 Å². The Hall–Kier alpha value is -1.07. The van der Waals surface area contributed by atoms with Crippen molar-refractivity contribution < 1.29 is 19.7 Å². The first-order chi connectivity index (χ1) is 8.39. The van der Waals surface area contributed by atoms with Crippen LogP contribution in [0.5, 0.6) is 5.75 Å². The quantitative estimate of drug-likeness (QED) is 0.801. The van der Waals surface area contributed by atoms with Gasteiger partial charge in [-0.05, 0) is 25.8 Å². The Labute approximate surface area is 111 Å². The van der Waals surface area contributed by atoms with Gasteiger partial charge in [-0.25, -0.2) is 4.79 Å². The normalized spacial score (nSPS) is 14.2. The Bertz CT molecular complexity index is 409. The Morgan fingerprint density at radius 3 is 2.67 bits per heavy atom. The average molecular weight is 272 g/mol. The number of hydrogen-bond acceptors (Lipinski definition) is 4. The van der Waals surface area contributed by atoms with Gasteiger partial charge in [0.15, 0.2) is 4.88 Å². The van der Waals surface area contributed by atoms with Crippen LogP contribution in [0, 0.1) is 0 Å². The van der Waals surface area contributed by atoms with Gasteiger partial charge >= 0.3 is 5.97 Å². The lowest BCUT2D eigenvalue weighted by molar-refractivity contribution is 0.00807. The molecule has 0 aromatic carbocycles. The first-order valence-electron chi connectivity index (χ1n) is 6.10. The maximum absolute atomic E-state index is 11.1. The molecule has 2 N–H and O–H groups in total. The average Bonchev–Trinajstić information content (AvgIpc) is 2.71. The van der Waals surface area contributed by atoms with Gasteiger partial charge in [0.2, 0.25) is 0 Å². The van der Waals surface area contributed by atoms with Crippen molar-refractivity contribution in [3.63, 3.8) is 0 Å². The van der Waals surface area contributed by atoms with E-state index in [1.165, 1.54) is 11.3 Å². The van der Waals surface area contributed by atoms with E-state index in [2.05, 4.69) is 0 Å². The van der Waals surface area contributed by atoms with E-state index in [0.717, 1.165) is 17.7 Å². The van der Waals surface area contributed by atoms with E-state index < -0.39 is 11.6 Å². The van der Waals surface area contributed by atoms with Gasteiger partial charge in [0.1, 0.15) is 12.4 Å². The minimum absolute atomic E-state index is 0.103. The summed E-state index contributed by atoms with van der Waals surface area (Å²) < 4.78 is 5.46. The van der Waals surface area contributed by atoms with Crippen molar-refractivity contribution in [1.29, 1.82) is 0 Å². The minimum Gasteiger partial charge on any atom is -0.489 e. The number of rotatable bonds is 7. The Morgan fingerprint density at radius 1 is 1.50 bits per heavy atom. The Morgan fingerprint density at radius 2 is 2.17 bits per heavy atom. The third kappa shape index (κ3) is 3.99. The number of aliphatic hydroxyl groups is 1. The smallest absolute Gasteiger partial charge is 0.349 e. The molecule has 102 valence electrons. The van der Waals surface area contributed by atoms with Crippen LogP contribution in [0.2, 0.25) is 0 Å². The fourth-order valence-electron chi connectivity index (χ4n) is 1.38. The fraction of sp³-hybridized carbons (Fsp3) is 0.615. The highest BCUT2D eigenvalue weighted by Gasteiger charge is 2.22. The van der Waals surface area contributed by atoms with Gasteiger partial charge in [-0.3, -0.25) is 0 Å². The van der Waals surface area contributed by atoms with Crippen molar-refractivity contribution in [2.45, 2.75) is 45.6 Å². The number of ether oxygens (including phenoxy) is 1. The molecular weight excluding hydrogens is 252 g/mol. The largest absolute Gasteiger partial charge is 0.489 e. The number of carbonyl (C=O) groups is 1. The van der Waals surface area contributed by atoms with Crippen LogP contribution in [0.1, 0.15) is 48.2 Å². The molecule has 0 saturated heterocycles. The summed E-state index contributed by atoms with van der Waals surface area (Å²) in [5, 5.41) is 19.0. The molecule has 1 unspecified atom stereocenters. The van der Waals surface area contributed by atoms with Crippen molar-refractivity contribution in [3.05, 3.63) is 15.8 Å². The Kier molecular flexibility index (Phi) is 5.16. The van der Waals surface area contributed by atoms with Gasteiger partial charge in [-0.15, -0.1) is 11.3 Å². The molecule has 18 heavy (non-hydrogen) atoms. The standard InChI is InChI=1S/C13H20O4S/c1-4-6-9-7-10(11(18-9)12(14)15)17-8-13(3,16)5-2/h7,16H,4-6,8H2,1-3H3,(H,14,15). The summed E-state index contributed by atoms with van der Waals surface area (Å²) in [5.74, 6) is -0.613. The third-order valence-corrected chi connectivity index (χ3v) is 3.90. The lowest BCUT2D eigenvalue weighted by atomic mass is 10.1. The monoisotopic (exact) mass is 272 g/mol. The molecule has 0 radical (unpaired) electrons. The predicted octanol–water partition coefficient (Wildman–Crippen LogP) is 2.94. The summed E-state index contributed by atoms with van der Waals surface area (Å²) in [5.41, 5.74) is -0.928. The zero-order valence-electron chi connectivity index (χ0n) is 11.0. The minimum atomic E-state index is -0.978. The predicted molar refractivity (Wildman–Crippen MR) is 71.7 cm³/mol. The number of hydrogen-bond donors (Lipinski definition) is 2. The lowest BCUT2D eigenvalue weighted by Gasteiger charge is -2.21. The molecule has 1 rings (SSSR count). The molecule has 0 spiro atoms. The highest BCUT2D eigenvalue weighted by molar-refractivity contribution is 7.14. The number of aryl methyl sites for hydroxylation is 1. The van der Waals surface area contributed by atoms with E-state index in [1.807, 2.05) is 13.8 Å². The molecule has 0 aliphatic rings. The second-order valence-corrected chi connectivity index (χ2v) is 5.74. The molecule has 1 heterocycles. The third-order valence-electron chi connectivity index (χ3n) is 2.74. The summed E-state index contributed by atoms with van der Waals surface area (Å²) in [6.07, 6.45) is 2.37. The van der Waals surface area contributed by atoms with Gasteiger partial charge < -0.3 is 14.9 Å². The van der Waals surface area contributed by atoms with Gasteiger partial charge in [0.25, 0.3) is 0 Å². The maximum atomic E-state index is 11.1. The van der Waals surface area contributed by atoms with Crippen LogP contribution in [0.3, 0.4) is 0 Å². The summed E-state index contributed by atoms with van der Waals surface area (Å²) >= 11 is 1.24. The lowest BCUT2D eigenvalue weighted by Crippen LogP contribution is -2.31. The van der Waals surface area contributed by atoms with Crippen LogP contribution in [0.4, 0.5) is 0 Å². The first-order valence-corrected chi connectivity index (χ1v) is 6.92. The zero-order valence-corrected chi connectivity index (χ0v) is 11.8. The molecule has 4 nitrogen and oxygen atoms in total. The van der Waals surface area contributed by atoms with E-state index in [9.17, 15) is 9.90 Å². The van der Waals surface area contributed by atoms with Gasteiger partial charge in [-0.1, -0.05) is 20.3 Å². The number of aromatic carboxylic acids is 1. The van der Waals surface area contributed by atoms with Crippen molar-refractivity contribution in [3.8, 4) is 5.75 Å². The molecule has 1 aromatic heterocycles. The van der Waals surface area contributed by atoms with Crippen LogP contribution in [-0.4, -0.2) is 28.4 Å². The second-order valence-electron chi connectivity index (χ2n) is 4.60. The molecule has 5 heteroatoms. The van der Waals surface area contributed by atoms with E-state index in [-0.39, 0.29) is 11.5 Å². The summed E-state index contributed by atoms with van der Waals surface area (Å²) in [7, 11) is 0. The first kappa shape index (κ1) is 15.0. The number of carboxylic acids is 1. The van der Waals surface area contributed by atoms with Crippen LogP contribution in [-0.2, 0) is 6.42 Å². The SMILES string of the molecule is CCCc1cc(OCC(C)(O)CC)c(C(=O)O)s1. The molecule has 0 amide bonds. The molecule has 0 aliphatic heterocycles. The van der Waals surface area contributed by atoms with E-state index in [4.69, 9.17) is 9.84 Å². The topological polar surface area (TPSA) is 66.8 Å². The van der Waals surface area contributed by atoms with Gasteiger partial charge in [0.05, 0.1) is 5.60 Å². The summed E-state index contributed by atoms with van der Waals surface area (Å²) in [6, 6.07) is 1.77. The van der Waals surface area contributed by atoms with Crippen molar-refractivity contribution in [2.75, 3.05) is 6.61 Å². The highest BCUT2D eigenvalue weighted by atomic mass is 32.1. The van der Waals surface area contributed by atoms with Gasteiger partial charge in [0, 0.05) is 4.88 Å². The second kappa shape index (κ2) is 6.20. The Balaban J connectivity index is 2.83. The molecule has 0 aliphatic carbocycles. The molecule has 1 atom stereocenters. The number of carboxylic acid groups (broad SMARTS) is 1. The van der Waals surface area contributed by atoms with Crippen LogP contribution >= 0.6 is 11.3 Å². The molecule has 1 aromatic rings. The summed E-state index contributed by atoms with van der Waals surface area (Å²) in [4.78, 5) is 12.3. The van der Waals surface area contributed by atoms with E-state index >= 15 is 0 Å². The number of thiophene rings is 1. The van der Waals surface area contributed by atoms with E-state index in [0.29, 0.717) is 12.2 Å². The summed E-state index contributed by atoms with van der Waals surface area (Å²) in [6.45, 7) is 5.68. The van der Waals surface area contributed by atoms with Crippen molar-refractivity contribution in [2.24, 2.45) is 0 Å². The zero-order chi connectivity index (χ0) is 13.8. The molecule has 0 saturated carbocycles. The highest BCUT2D eigenvalue weighted by Crippen LogP contribution is 2.31. The van der Waals surface area contributed by atoms with Crippen LogP contribution < -0.4 is 4.74 Å². The maximum Gasteiger partial charge on any atom is 0.349 e. The van der Waals surface area contributed by atoms with Crippen molar-refractivity contribution >= 4 is 17.3 Å². The molecule has 0 fully saturated rings. The van der Waals surface area contributed by atoms with Crippen LogP contribution in [0.25, 0.3) is 0 Å². The van der Waals surface area contributed by atoms with Gasteiger partial charge in [-0.2, -0.15) is 0 Å². The van der Waals surface area contributed by atoms with Crippen LogP contribution in [0.15, 0.2) is 6.07 Å². The fourth-order valence-corrected chi connectivity index (χ4v) is 2.42. The molecular formula is C13H20O4S.